The van der Waals surface area contributed by atoms with Crippen LogP contribution < -0.4 is 15.8 Å². The monoisotopic (exact) mass is 373 g/mol. The van der Waals surface area contributed by atoms with Gasteiger partial charge in [-0.2, -0.15) is 0 Å². The van der Waals surface area contributed by atoms with Gasteiger partial charge in [-0.05, 0) is 41.8 Å². The molecule has 2 aromatic carbocycles. The molecule has 28 heavy (non-hydrogen) atoms. The summed E-state index contributed by atoms with van der Waals surface area (Å²) in [4.78, 5) is 17.9. The number of aromatic nitrogens is 1. The van der Waals surface area contributed by atoms with E-state index >= 15 is 0 Å². The predicted molar refractivity (Wildman–Crippen MR) is 112 cm³/mol. The fourth-order valence-electron chi connectivity index (χ4n) is 4.22. The molecule has 0 saturated carbocycles. The third-order valence-electron chi connectivity index (χ3n) is 5.62. The van der Waals surface area contributed by atoms with Gasteiger partial charge in [0, 0.05) is 30.0 Å². The first kappa shape index (κ1) is 17.1. The van der Waals surface area contributed by atoms with E-state index in [0.717, 1.165) is 48.7 Å². The zero-order chi connectivity index (χ0) is 19.1. The molecule has 0 bridgehead atoms. The van der Waals surface area contributed by atoms with Crippen molar-refractivity contribution in [3.8, 4) is 11.1 Å². The van der Waals surface area contributed by atoms with Crippen LogP contribution in [0.4, 0.5) is 11.4 Å². The molecule has 5 rings (SSSR count). The highest BCUT2D eigenvalue weighted by Crippen LogP contribution is 2.41. The lowest BCUT2D eigenvalue weighted by Gasteiger charge is -2.31. The lowest BCUT2D eigenvalue weighted by atomic mass is 9.87. The fraction of sp³-hybridized carbons (Fsp3) is 0.261. The Kier molecular flexibility index (Phi) is 4.17. The van der Waals surface area contributed by atoms with Gasteiger partial charge in [-0.1, -0.05) is 36.4 Å². The summed E-state index contributed by atoms with van der Waals surface area (Å²) in [5.74, 6) is 0. The third-order valence-corrected chi connectivity index (χ3v) is 5.62. The first-order chi connectivity index (χ1) is 13.7. The number of benzene rings is 2. The quantitative estimate of drug-likeness (QED) is 0.719. The Hall–Kier alpha value is -3.05. The Labute approximate surface area is 164 Å². The Morgan fingerprint density at radius 3 is 2.54 bits per heavy atom. The highest BCUT2D eigenvalue weighted by Gasteiger charge is 2.27. The molecule has 5 nitrogen and oxygen atoms in total. The lowest BCUT2D eigenvalue weighted by molar-refractivity contribution is 0.122. The second kappa shape index (κ2) is 6.84. The number of fused-ring (bicyclic) bond motifs is 3. The molecule has 0 radical (unpaired) electrons. The maximum Gasteiger partial charge on any atom is 0.272 e. The SMILES string of the molecule is Cc1cc2c(c(=O)[nH]1)NC(c1ccc(N3CCOCC3)cc1)c1ccccc1-2. The van der Waals surface area contributed by atoms with Crippen LogP contribution >= 0.6 is 0 Å². The number of aryl methyl sites for hydroxylation is 1. The summed E-state index contributed by atoms with van der Waals surface area (Å²) in [5, 5.41) is 3.49. The summed E-state index contributed by atoms with van der Waals surface area (Å²) >= 11 is 0. The van der Waals surface area contributed by atoms with E-state index in [2.05, 4.69) is 57.7 Å². The number of ether oxygens (including phenoxy) is 1. The second-order valence-corrected chi connectivity index (χ2v) is 7.43. The Bertz CT molecular complexity index is 1070. The van der Waals surface area contributed by atoms with E-state index in [4.69, 9.17) is 4.74 Å². The lowest BCUT2D eigenvalue weighted by Crippen LogP contribution is -2.36. The summed E-state index contributed by atoms with van der Waals surface area (Å²) in [6.07, 6.45) is 0. The maximum absolute atomic E-state index is 12.6. The minimum atomic E-state index is -0.0700. The highest BCUT2D eigenvalue weighted by atomic mass is 16.5. The molecule has 3 aromatic rings. The van der Waals surface area contributed by atoms with E-state index in [-0.39, 0.29) is 11.6 Å². The number of aromatic amines is 1. The van der Waals surface area contributed by atoms with Crippen molar-refractivity contribution in [2.45, 2.75) is 13.0 Å². The molecule has 0 aliphatic carbocycles. The number of hydrogen-bond acceptors (Lipinski definition) is 4. The van der Waals surface area contributed by atoms with Crippen LogP contribution in [0, 0.1) is 6.92 Å². The van der Waals surface area contributed by atoms with Crippen LogP contribution in [0.15, 0.2) is 59.4 Å². The Balaban J connectivity index is 1.55. The molecular formula is C23H23N3O2. The zero-order valence-electron chi connectivity index (χ0n) is 15.9. The molecule has 1 unspecified atom stereocenters. The molecule has 1 fully saturated rings. The van der Waals surface area contributed by atoms with E-state index in [1.807, 2.05) is 19.1 Å². The van der Waals surface area contributed by atoms with Crippen molar-refractivity contribution in [1.29, 1.82) is 0 Å². The molecule has 3 heterocycles. The van der Waals surface area contributed by atoms with Crippen molar-refractivity contribution in [3.63, 3.8) is 0 Å². The highest BCUT2D eigenvalue weighted by molar-refractivity contribution is 5.84. The van der Waals surface area contributed by atoms with Gasteiger partial charge >= 0.3 is 0 Å². The molecule has 2 aliphatic rings. The molecule has 0 amide bonds. The number of H-pyrrole nitrogens is 1. The van der Waals surface area contributed by atoms with E-state index < -0.39 is 0 Å². The van der Waals surface area contributed by atoms with E-state index in [9.17, 15) is 4.79 Å². The standard InChI is InChI=1S/C23H23N3O2/c1-15-14-20-18-4-2-3-5-19(18)21(25-22(20)23(27)24-15)16-6-8-17(9-7-16)26-10-12-28-13-11-26/h2-9,14,21,25H,10-13H2,1H3,(H,24,27). The van der Waals surface area contributed by atoms with Gasteiger partial charge in [-0.3, -0.25) is 4.79 Å². The van der Waals surface area contributed by atoms with Gasteiger partial charge in [-0.25, -0.2) is 0 Å². The summed E-state index contributed by atoms with van der Waals surface area (Å²) < 4.78 is 5.45. The molecule has 1 atom stereocenters. The van der Waals surface area contributed by atoms with Gasteiger partial charge in [0.2, 0.25) is 0 Å². The topological polar surface area (TPSA) is 57.4 Å². The molecule has 0 spiro atoms. The normalized spacial score (nSPS) is 18.2. The second-order valence-electron chi connectivity index (χ2n) is 7.43. The van der Waals surface area contributed by atoms with Crippen LogP contribution in [0.25, 0.3) is 11.1 Å². The smallest absolute Gasteiger partial charge is 0.272 e. The number of hydrogen-bond donors (Lipinski definition) is 2. The first-order valence-corrected chi connectivity index (χ1v) is 9.73. The number of anilines is 2. The molecular weight excluding hydrogens is 350 g/mol. The van der Waals surface area contributed by atoms with Crippen molar-refractivity contribution in [1.82, 2.24) is 4.98 Å². The van der Waals surface area contributed by atoms with Crippen molar-refractivity contribution in [2.24, 2.45) is 0 Å². The molecule has 1 saturated heterocycles. The van der Waals surface area contributed by atoms with Crippen LogP contribution in [-0.2, 0) is 4.74 Å². The molecule has 142 valence electrons. The number of rotatable bonds is 2. The number of pyridine rings is 1. The fourth-order valence-corrected chi connectivity index (χ4v) is 4.22. The van der Waals surface area contributed by atoms with E-state index in [1.54, 1.807) is 0 Å². The van der Waals surface area contributed by atoms with Crippen molar-refractivity contribution in [3.05, 3.63) is 81.8 Å². The summed E-state index contributed by atoms with van der Waals surface area (Å²) in [7, 11) is 0. The van der Waals surface area contributed by atoms with Crippen LogP contribution in [-0.4, -0.2) is 31.3 Å². The van der Waals surface area contributed by atoms with Crippen LogP contribution in [0.3, 0.4) is 0 Å². The average molecular weight is 373 g/mol. The summed E-state index contributed by atoms with van der Waals surface area (Å²) in [6, 6.07) is 19.0. The van der Waals surface area contributed by atoms with Gasteiger partial charge in [-0.15, -0.1) is 0 Å². The minimum Gasteiger partial charge on any atom is -0.378 e. The molecule has 5 heteroatoms. The van der Waals surface area contributed by atoms with Gasteiger partial charge in [0.05, 0.1) is 19.3 Å². The number of nitrogens with one attached hydrogen (secondary N) is 2. The van der Waals surface area contributed by atoms with E-state index in [0.29, 0.717) is 5.69 Å². The van der Waals surface area contributed by atoms with Crippen LogP contribution in [0.1, 0.15) is 22.9 Å². The van der Waals surface area contributed by atoms with Crippen LogP contribution in [0.5, 0.6) is 0 Å². The predicted octanol–water partition coefficient (Wildman–Crippen LogP) is 3.70. The third kappa shape index (κ3) is 2.88. The summed E-state index contributed by atoms with van der Waals surface area (Å²) in [5.41, 5.74) is 7.09. The van der Waals surface area contributed by atoms with E-state index in [1.165, 1.54) is 11.3 Å². The molecule has 1 aromatic heterocycles. The molecule has 2 aliphatic heterocycles. The van der Waals surface area contributed by atoms with Crippen LogP contribution in [0.2, 0.25) is 0 Å². The van der Waals surface area contributed by atoms with Gasteiger partial charge < -0.3 is 19.9 Å². The van der Waals surface area contributed by atoms with Crippen molar-refractivity contribution in [2.75, 3.05) is 36.5 Å². The first-order valence-electron chi connectivity index (χ1n) is 9.73. The van der Waals surface area contributed by atoms with Gasteiger partial charge in [0.1, 0.15) is 5.69 Å². The zero-order valence-corrected chi connectivity index (χ0v) is 15.9. The number of morpholine rings is 1. The average Bonchev–Trinajstić information content (AvgIpc) is 2.74. The van der Waals surface area contributed by atoms with Gasteiger partial charge in [0.15, 0.2) is 0 Å². The Morgan fingerprint density at radius 1 is 1.00 bits per heavy atom. The Morgan fingerprint density at radius 2 is 1.75 bits per heavy atom. The largest absolute Gasteiger partial charge is 0.378 e. The van der Waals surface area contributed by atoms with Crippen molar-refractivity contribution < 1.29 is 4.74 Å². The molecule has 2 N–H and O–H groups in total. The summed E-state index contributed by atoms with van der Waals surface area (Å²) in [6.45, 7) is 5.31. The number of nitrogens with zero attached hydrogens (tertiary/aromatic N) is 1. The minimum absolute atomic E-state index is 0.0498. The van der Waals surface area contributed by atoms with Crippen molar-refractivity contribution >= 4 is 11.4 Å². The van der Waals surface area contributed by atoms with Gasteiger partial charge in [0.25, 0.3) is 5.56 Å². The maximum atomic E-state index is 12.6.